The lowest BCUT2D eigenvalue weighted by Gasteiger charge is -2.25. The van der Waals surface area contributed by atoms with Gasteiger partial charge < -0.3 is 10.4 Å². The zero-order valence-electron chi connectivity index (χ0n) is 18.0. The number of nitro benzene ring substituents is 1. The van der Waals surface area contributed by atoms with Crippen molar-refractivity contribution in [2.24, 2.45) is 0 Å². The largest absolute Gasteiger partial charge is 0.507 e. The van der Waals surface area contributed by atoms with Crippen LogP contribution in [-0.2, 0) is 14.4 Å². The summed E-state index contributed by atoms with van der Waals surface area (Å²) < 4.78 is 0. The predicted octanol–water partition coefficient (Wildman–Crippen LogP) is 4.18. The van der Waals surface area contributed by atoms with Crippen molar-refractivity contribution in [1.82, 2.24) is 0 Å². The van der Waals surface area contributed by atoms with Crippen LogP contribution < -0.4 is 10.2 Å². The lowest BCUT2D eigenvalue weighted by molar-refractivity contribution is -0.384. The topological polar surface area (TPSA) is 130 Å². The second-order valence-electron chi connectivity index (χ2n) is 7.61. The zero-order valence-corrected chi connectivity index (χ0v) is 18.0. The summed E-state index contributed by atoms with van der Waals surface area (Å²) in [6.45, 7) is 1.37. The summed E-state index contributed by atoms with van der Waals surface area (Å²) >= 11 is 0. The molecule has 1 aliphatic rings. The Balaban J connectivity index is 1.87. The Morgan fingerprint density at radius 3 is 2.15 bits per heavy atom. The molecule has 1 saturated heterocycles. The lowest BCUT2D eigenvalue weighted by atomic mass is 9.95. The average Bonchev–Trinajstić information content (AvgIpc) is 3.10. The van der Waals surface area contributed by atoms with Gasteiger partial charge in [0.25, 0.3) is 17.4 Å². The molecule has 0 radical (unpaired) electrons. The maximum atomic E-state index is 13.1. The molecule has 0 aromatic heterocycles. The monoisotopic (exact) mass is 457 g/mol. The SMILES string of the molecule is CC(=O)Nc1ccc(N2C(=O)C(=O)/C(=C(/O)c3ccccc3)C2c2ccc([N+](=O)[O-])cc2)cc1. The second-order valence-corrected chi connectivity index (χ2v) is 7.61. The molecule has 9 nitrogen and oxygen atoms in total. The zero-order chi connectivity index (χ0) is 24.4. The summed E-state index contributed by atoms with van der Waals surface area (Å²) in [7, 11) is 0. The van der Waals surface area contributed by atoms with E-state index in [4.69, 9.17) is 0 Å². The van der Waals surface area contributed by atoms with Crippen molar-refractivity contribution < 1.29 is 24.4 Å². The van der Waals surface area contributed by atoms with Crippen LogP contribution in [0.2, 0.25) is 0 Å². The van der Waals surface area contributed by atoms with Gasteiger partial charge in [0.1, 0.15) is 5.76 Å². The van der Waals surface area contributed by atoms with Gasteiger partial charge in [0.05, 0.1) is 16.5 Å². The summed E-state index contributed by atoms with van der Waals surface area (Å²) in [5, 5.41) is 24.7. The maximum absolute atomic E-state index is 13.1. The quantitative estimate of drug-likeness (QED) is 0.194. The van der Waals surface area contributed by atoms with Gasteiger partial charge in [-0.1, -0.05) is 30.3 Å². The smallest absolute Gasteiger partial charge is 0.300 e. The molecule has 0 saturated carbocycles. The molecule has 1 atom stereocenters. The van der Waals surface area contributed by atoms with Gasteiger partial charge in [0.15, 0.2) is 0 Å². The van der Waals surface area contributed by atoms with Crippen LogP contribution in [-0.4, -0.2) is 27.6 Å². The standard InChI is InChI=1S/C25H19N3O6/c1-15(29)26-18-9-13-19(14-10-18)27-22(16-7-11-20(12-8-16)28(33)34)21(24(31)25(27)32)23(30)17-5-3-2-4-6-17/h2-14,22,30H,1H3,(H,26,29)/b23-21+. The number of hydrogen-bond donors (Lipinski definition) is 2. The highest BCUT2D eigenvalue weighted by Crippen LogP contribution is 2.42. The molecule has 1 aliphatic heterocycles. The average molecular weight is 457 g/mol. The Kier molecular flexibility index (Phi) is 5.92. The molecule has 9 heteroatoms. The van der Waals surface area contributed by atoms with Crippen molar-refractivity contribution >= 4 is 40.4 Å². The van der Waals surface area contributed by atoms with Crippen LogP contribution in [0.1, 0.15) is 24.1 Å². The van der Waals surface area contributed by atoms with Crippen molar-refractivity contribution in [3.8, 4) is 0 Å². The number of carbonyl (C=O) groups excluding carboxylic acids is 3. The fraction of sp³-hybridized carbons (Fsp3) is 0.0800. The molecule has 3 aromatic carbocycles. The molecular formula is C25H19N3O6. The number of benzene rings is 3. The van der Waals surface area contributed by atoms with E-state index in [0.29, 0.717) is 22.5 Å². The van der Waals surface area contributed by atoms with Gasteiger partial charge in [-0.15, -0.1) is 0 Å². The molecule has 170 valence electrons. The Labute approximate surface area is 194 Å². The van der Waals surface area contributed by atoms with E-state index in [0.717, 1.165) is 0 Å². The van der Waals surface area contributed by atoms with Crippen molar-refractivity contribution in [2.75, 3.05) is 10.2 Å². The molecule has 2 N–H and O–H groups in total. The number of nitrogens with zero attached hydrogens (tertiary/aromatic N) is 2. The molecule has 0 aliphatic carbocycles. The first-order valence-corrected chi connectivity index (χ1v) is 10.3. The Hall–Kier alpha value is -4.79. The number of nitrogens with one attached hydrogen (secondary N) is 1. The highest BCUT2D eigenvalue weighted by atomic mass is 16.6. The minimum Gasteiger partial charge on any atom is -0.507 e. The van der Waals surface area contributed by atoms with E-state index in [9.17, 15) is 29.6 Å². The number of aliphatic hydroxyl groups excluding tert-OH is 1. The first-order valence-electron chi connectivity index (χ1n) is 10.3. The van der Waals surface area contributed by atoms with Crippen LogP contribution in [0.5, 0.6) is 0 Å². The van der Waals surface area contributed by atoms with Crippen LogP contribution in [0.15, 0.2) is 84.4 Å². The third kappa shape index (κ3) is 4.14. The van der Waals surface area contributed by atoms with E-state index in [2.05, 4.69) is 5.32 Å². The van der Waals surface area contributed by atoms with Crippen LogP contribution in [0.3, 0.4) is 0 Å². The number of hydrogen-bond acceptors (Lipinski definition) is 6. The summed E-state index contributed by atoms with van der Waals surface area (Å²) in [5.74, 6) is -2.34. The Morgan fingerprint density at radius 2 is 1.59 bits per heavy atom. The number of amides is 2. The van der Waals surface area contributed by atoms with Gasteiger partial charge in [-0.05, 0) is 42.0 Å². The number of nitro groups is 1. The van der Waals surface area contributed by atoms with Gasteiger partial charge in [0, 0.05) is 36.0 Å². The number of anilines is 2. The van der Waals surface area contributed by atoms with E-state index in [1.54, 1.807) is 54.6 Å². The Bertz CT molecular complexity index is 1320. The lowest BCUT2D eigenvalue weighted by Crippen LogP contribution is -2.29. The van der Waals surface area contributed by atoms with Crippen LogP contribution in [0, 0.1) is 10.1 Å². The normalized spacial score (nSPS) is 17.0. The first-order chi connectivity index (χ1) is 16.3. The number of carbonyl (C=O) groups is 3. The second kappa shape index (κ2) is 8.99. The fourth-order valence-electron chi connectivity index (χ4n) is 3.85. The van der Waals surface area contributed by atoms with E-state index < -0.39 is 22.7 Å². The van der Waals surface area contributed by atoms with Gasteiger partial charge in [-0.25, -0.2) is 0 Å². The minimum absolute atomic E-state index is 0.129. The Morgan fingerprint density at radius 1 is 0.971 bits per heavy atom. The van der Waals surface area contributed by atoms with Crippen molar-refractivity contribution in [3.05, 3.63) is 106 Å². The molecule has 2 amide bonds. The van der Waals surface area contributed by atoms with E-state index in [1.807, 2.05) is 0 Å². The third-order valence-corrected chi connectivity index (χ3v) is 5.38. The molecule has 1 heterocycles. The molecule has 34 heavy (non-hydrogen) atoms. The highest BCUT2D eigenvalue weighted by Gasteiger charge is 2.47. The summed E-state index contributed by atoms with van der Waals surface area (Å²) in [5.41, 5.74) is 1.34. The number of aliphatic hydroxyl groups is 1. The number of ketones is 1. The molecule has 4 rings (SSSR count). The number of Topliss-reactive ketones (excluding diaryl/α,β-unsaturated/α-hetero) is 1. The molecule has 1 unspecified atom stereocenters. The van der Waals surface area contributed by atoms with Gasteiger partial charge in [0.2, 0.25) is 5.91 Å². The molecule has 0 spiro atoms. The van der Waals surface area contributed by atoms with Crippen molar-refractivity contribution in [1.29, 1.82) is 0 Å². The van der Waals surface area contributed by atoms with Crippen molar-refractivity contribution in [3.63, 3.8) is 0 Å². The predicted molar refractivity (Wildman–Crippen MR) is 125 cm³/mol. The van der Waals surface area contributed by atoms with E-state index in [-0.39, 0.29) is 22.9 Å². The molecule has 3 aromatic rings. The highest BCUT2D eigenvalue weighted by molar-refractivity contribution is 6.51. The maximum Gasteiger partial charge on any atom is 0.300 e. The molecule has 0 bridgehead atoms. The number of rotatable bonds is 5. The fourth-order valence-corrected chi connectivity index (χ4v) is 3.85. The number of non-ortho nitro benzene ring substituents is 1. The van der Waals surface area contributed by atoms with Crippen LogP contribution in [0.25, 0.3) is 5.76 Å². The van der Waals surface area contributed by atoms with E-state index >= 15 is 0 Å². The van der Waals surface area contributed by atoms with Gasteiger partial charge >= 0.3 is 0 Å². The summed E-state index contributed by atoms with van der Waals surface area (Å²) in [6, 6.07) is 19.1. The van der Waals surface area contributed by atoms with E-state index in [1.165, 1.54) is 36.1 Å². The van der Waals surface area contributed by atoms with Gasteiger partial charge in [-0.2, -0.15) is 0 Å². The molecular weight excluding hydrogens is 438 g/mol. The van der Waals surface area contributed by atoms with Crippen LogP contribution >= 0.6 is 0 Å². The first kappa shape index (κ1) is 22.4. The minimum atomic E-state index is -1.02. The third-order valence-electron chi connectivity index (χ3n) is 5.38. The summed E-state index contributed by atoms with van der Waals surface area (Å²) in [6.07, 6.45) is 0. The summed E-state index contributed by atoms with van der Waals surface area (Å²) in [4.78, 5) is 49.3. The van der Waals surface area contributed by atoms with Crippen LogP contribution in [0.4, 0.5) is 17.1 Å². The van der Waals surface area contributed by atoms with Gasteiger partial charge in [-0.3, -0.25) is 29.4 Å². The van der Waals surface area contributed by atoms with Crippen molar-refractivity contribution in [2.45, 2.75) is 13.0 Å². The molecule has 1 fully saturated rings.